The van der Waals surface area contributed by atoms with Crippen LogP contribution in [0.5, 0.6) is 11.8 Å². The molecule has 0 saturated carbocycles. The number of fused-ring (bicyclic) bond motifs is 4. The van der Waals surface area contributed by atoms with Crippen molar-refractivity contribution in [2.24, 2.45) is 0 Å². The Morgan fingerprint density at radius 2 is 0.900 bits per heavy atom. The smallest absolute Gasteiger partial charge is 0.217 e. The molecule has 0 aliphatic carbocycles. The number of halogens is 2. The number of nitrogens with zero attached hydrogens (tertiary/aromatic N) is 2. The zero-order chi connectivity index (χ0) is 27.1. The van der Waals surface area contributed by atoms with Crippen molar-refractivity contribution in [3.05, 3.63) is 118 Å². The lowest BCUT2D eigenvalue weighted by Crippen LogP contribution is -1.91. The third-order valence-corrected chi connectivity index (χ3v) is 7.86. The SMILES string of the molecule is Clc1ccc(-c2c3c(nc4ccccc24)OCC3)cc1.Clc1ccc(-c2c3c(nc4ccccc24)OCC3)cc1. The van der Waals surface area contributed by atoms with Gasteiger partial charge < -0.3 is 9.47 Å². The molecule has 0 unspecified atom stereocenters. The maximum atomic E-state index is 6.00. The summed E-state index contributed by atoms with van der Waals surface area (Å²) in [5.41, 5.74) is 9.11. The highest BCUT2D eigenvalue weighted by Gasteiger charge is 2.23. The van der Waals surface area contributed by atoms with E-state index in [-0.39, 0.29) is 0 Å². The highest BCUT2D eigenvalue weighted by molar-refractivity contribution is 6.31. The summed E-state index contributed by atoms with van der Waals surface area (Å²) in [5, 5.41) is 3.83. The highest BCUT2D eigenvalue weighted by atomic mass is 35.5. The first kappa shape index (κ1) is 24.9. The zero-order valence-corrected chi connectivity index (χ0v) is 23.0. The van der Waals surface area contributed by atoms with Crippen LogP contribution < -0.4 is 9.47 Å². The number of benzene rings is 4. The van der Waals surface area contributed by atoms with Gasteiger partial charge in [-0.1, -0.05) is 83.9 Å². The van der Waals surface area contributed by atoms with Crippen molar-refractivity contribution >= 4 is 45.0 Å². The number of aromatic nitrogens is 2. The van der Waals surface area contributed by atoms with Crippen LogP contribution in [-0.2, 0) is 12.8 Å². The normalized spacial score (nSPS) is 13.2. The lowest BCUT2D eigenvalue weighted by Gasteiger charge is -2.11. The summed E-state index contributed by atoms with van der Waals surface area (Å²) in [6.07, 6.45) is 1.82. The molecule has 0 fully saturated rings. The molecular formula is C34H24Cl2N2O2. The third kappa shape index (κ3) is 4.53. The lowest BCUT2D eigenvalue weighted by atomic mass is 9.95. The second-order valence-corrected chi connectivity index (χ2v) is 10.7. The summed E-state index contributed by atoms with van der Waals surface area (Å²) in [6, 6.07) is 32.3. The quantitative estimate of drug-likeness (QED) is 0.211. The van der Waals surface area contributed by atoms with E-state index in [1.165, 1.54) is 33.0 Å². The van der Waals surface area contributed by atoms with Crippen LogP contribution in [0.4, 0.5) is 0 Å². The highest BCUT2D eigenvalue weighted by Crippen LogP contribution is 2.40. The van der Waals surface area contributed by atoms with Crippen LogP contribution in [0, 0.1) is 0 Å². The van der Waals surface area contributed by atoms with E-state index in [1.807, 2.05) is 60.7 Å². The molecule has 4 heterocycles. The van der Waals surface area contributed by atoms with Gasteiger partial charge >= 0.3 is 0 Å². The first-order chi connectivity index (χ1) is 19.7. The van der Waals surface area contributed by atoms with Gasteiger partial charge in [-0.05, 0) is 58.7 Å². The zero-order valence-electron chi connectivity index (χ0n) is 21.5. The Kier molecular flexibility index (Phi) is 6.51. The number of para-hydroxylation sites is 2. The van der Waals surface area contributed by atoms with Crippen molar-refractivity contribution < 1.29 is 9.47 Å². The number of rotatable bonds is 2. The molecule has 2 aliphatic heterocycles. The molecule has 2 aromatic heterocycles. The van der Waals surface area contributed by atoms with Crippen molar-refractivity contribution in [3.63, 3.8) is 0 Å². The predicted molar refractivity (Wildman–Crippen MR) is 163 cm³/mol. The van der Waals surface area contributed by atoms with Crippen molar-refractivity contribution in [1.29, 1.82) is 0 Å². The summed E-state index contributed by atoms with van der Waals surface area (Å²) >= 11 is 12.0. The minimum absolute atomic E-state index is 0.708. The largest absolute Gasteiger partial charge is 0.477 e. The monoisotopic (exact) mass is 562 g/mol. The van der Waals surface area contributed by atoms with Gasteiger partial charge in [-0.2, -0.15) is 0 Å². The fraction of sp³-hybridized carbons (Fsp3) is 0.118. The maximum Gasteiger partial charge on any atom is 0.217 e. The van der Waals surface area contributed by atoms with Crippen LogP contribution >= 0.6 is 23.2 Å². The Labute approximate surface area is 242 Å². The van der Waals surface area contributed by atoms with E-state index >= 15 is 0 Å². The molecule has 6 aromatic rings. The van der Waals surface area contributed by atoms with Gasteiger partial charge in [0.2, 0.25) is 11.8 Å². The molecule has 0 spiro atoms. The molecule has 4 nitrogen and oxygen atoms in total. The van der Waals surface area contributed by atoms with E-state index in [0.29, 0.717) is 13.2 Å². The average Bonchev–Trinajstić information content (AvgIpc) is 3.65. The van der Waals surface area contributed by atoms with Crippen molar-refractivity contribution in [1.82, 2.24) is 9.97 Å². The maximum absolute atomic E-state index is 6.00. The topological polar surface area (TPSA) is 44.2 Å². The van der Waals surface area contributed by atoms with Crippen LogP contribution in [0.25, 0.3) is 44.1 Å². The van der Waals surface area contributed by atoms with Crippen LogP contribution in [0.3, 0.4) is 0 Å². The van der Waals surface area contributed by atoms with Gasteiger partial charge in [0.15, 0.2) is 0 Å². The predicted octanol–water partition coefficient (Wildman–Crippen LogP) is 8.98. The summed E-state index contributed by atoms with van der Waals surface area (Å²) in [4.78, 5) is 9.22. The molecule has 196 valence electrons. The molecule has 0 atom stereocenters. The summed E-state index contributed by atoms with van der Waals surface area (Å²) in [6.45, 7) is 1.42. The van der Waals surface area contributed by atoms with E-state index in [0.717, 1.165) is 56.8 Å². The second-order valence-electron chi connectivity index (χ2n) is 9.79. The van der Waals surface area contributed by atoms with Gasteiger partial charge in [0.1, 0.15) is 0 Å². The Balaban J connectivity index is 0.000000132. The fourth-order valence-electron chi connectivity index (χ4n) is 5.55. The molecular weight excluding hydrogens is 539 g/mol. The van der Waals surface area contributed by atoms with Gasteiger partial charge in [0.25, 0.3) is 0 Å². The molecule has 0 amide bonds. The first-order valence-electron chi connectivity index (χ1n) is 13.3. The minimum atomic E-state index is 0.708. The summed E-state index contributed by atoms with van der Waals surface area (Å²) in [5.74, 6) is 1.54. The number of hydrogen-bond acceptors (Lipinski definition) is 4. The number of ether oxygens (including phenoxy) is 2. The number of hydrogen-bond donors (Lipinski definition) is 0. The standard InChI is InChI=1S/2C17H12ClNO/c2*18-12-7-5-11(6-8-12)16-13-3-1-2-4-15(13)19-17-14(16)9-10-20-17/h2*1-8H,9-10H2. The Hall–Kier alpha value is -4.12. The Bertz CT molecular complexity index is 1730. The average molecular weight is 563 g/mol. The summed E-state index contributed by atoms with van der Waals surface area (Å²) < 4.78 is 11.3. The molecule has 2 aliphatic rings. The molecule has 0 N–H and O–H groups in total. The molecule has 8 rings (SSSR count). The molecule has 0 bridgehead atoms. The fourth-order valence-corrected chi connectivity index (χ4v) is 5.80. The van der Waals surface area contributed by atoms with Crippen molar-refractivity contribution in [2.75, 3.05) is 13.2 Å². The van der Waals surface area contributed by atoms with Crippen LogP contribution in [-0.4, -0.2) is 23.2 Å². The third-order valence-electron chi connectivity index (χ3n) is 7.36. The van der Waals surface area contributed by atoms with E-state index in [4.69, 9.17) is 32.7 Å². The molecule has 0 saturated heterocycles. The van der Waals surface area contributed by atoms with Crippen LogP contribution in [0.15, 0.2) is 97.1 Å². The lowest BCUT2D eigenvalue weighted by molar-refractivity contribution is 0.345. The van der Waals surface area contributed by atoms with E-state index in [2.05, 4.69) is 46.4 Å². The van der Waals surface area contributed by atoms with E-state index in [9.17, 15) is 0 Å². The van der Waals surface area contributed by atoms with E-state index < -0.39 is 0 Å². The Morgan fingerprint density at radius 1 is 0.500 bits per heavy atom. The van der Waals surface area contributed by atoms with Crippen molar-refractivity contribution in [3.8, 4) is 34.0 Å². The van der Waals surface area contributed by atoms with Crippen LogP contribution in [0.2, 0.25) is 10.0 Å². The van der Waals surface area contributed by atoms with Gasteiger partial charge in [-0.25, -0.2) is 9.97 Å². The van der Waals surface area contributed by atoms with E-state index in [1.54, 1.807) is 0 Å². The Morgan fingerprint density at radius 3 is 1.32 bits per heavy atom. The van der Waals surface area contributed by atoms with Gasteiger partial charge in [0, 0.05) is 44.8 Å². The second kappa shape index (κ2) is 10.5. The van der Waals surface area contributed by atoms with Gasteiger partial charge in [-0.15, -0.1) is 0 Å². The van der Waals surface area contributed by atoms with Crippen LogP contribution in [0.1, 0.15) is 11.1 Å². The minimum Gasteiger partial charge on any atom is -0.477 e. The van der Waals surface area contributed by atoms with Gasteiger partial charge in [0.05, 0.1) is 24.2 Å². The molecule has 40 heavy (non-hydrogen) atoms. The molecule has 6 heteroatoms. The van der Waals surface area contributed by atoms with Gasteiger partial charge in [-0.3, -0.25) is 0 Å². The molecule has 0 radical (unpaired) electrons. The van der Waals surface area contributed by atoms with Crippen molar-refractivity contribution in [2.45, 2.75) is 12.8 Å². The summed E-state index contributed by atoms with van der Waals surface area (Å²) in [7, 11) is 0. The number of pyridine rings is 2. The first-order valence-corrected chi connectivity index (χ1v) is 14.0. The molecule has 4 aromatic carbocycles.